The van der Waals surface area contributed by atoms with Crippen LogP contribution in [0.2, 0.25) is 0 Å². The average Bonchev–Trinajstić information content (AvgIpc) is 2.70. The third-order valence-electron chi connectivity index (χ3n) is 3.06. The first-order valence-corrected chi connectivity index (χ1v) is 5.70. The van der Waals surface area contributed by atoms with E-state index in [9.17, 15) is 4.79 Å². The molecule has 0 fully saturated rings. The number of carbonyl (C=O) groups is 1. The molecule has 3 heteroatoms. The van der Waals surface area contributed by atoms with Gasteiger partial charge in [0.1, 0.15) is 0 Å². The van der Waals surface area contributed by atoms with Crippen molar-refractivity contribution in [2.45, 2.75) is 25.8 Å². The van der Waals surface area contributed by atoms with Crippen LogP contribution in [-0.4, -0.2) is 25.7 Å². The van der Waals surface area contributed by atoms with Gasteiger partial charge in [0.2, 0.25) is 0 Å². The van der Waals surface area contributed by atoms with Crippen molar-refractivity contribution < 1.29 is 9.53 Å². The molecular formula is C13H17NO2. The standard InChI is InChI=1S/C13H17NO2/c1-3-16-13(15)10-5-4-9-7-12(14-2)8-11(9)6-10/h4-6,12,14H,3,7-8H2,1-2H3. The molecule has 0 saturated carbocycles. The fraction of sp³-hybridized carbons (Fsp3) is 0.462. The zero-order valence-corrected chi connectivity index (χ0v) is 9.75. The fourth-order valence-corrected chi connectivity index (χ4v) is 2.16. The number of hydrogen-bond acceptors (Lipinski definition) is 3. The largest absolute Gasteiger partial charge is 0.462 e. The van der Waals surface area contributed by atoms with Crippen LogP contribution >= 0.6 is 0 Å². The number of fused-ring (bicyclic) bond motifs is 1. The first kappa shape index (κ1) is 11.1. The normalized spacial score (nSPS) is 18.2. The number of ether oxygens (including phenoxy) is 1. The van der Waals surface area contributed by atoms with E-state index in [2.05, 4.69) is 5.32 Å². The van der Waals surface area contributed by atoms with Crippen LogP contribution in [0, 0.1) is 0 Å². The third kappa shape index (κ3) is 2.09. The van der Waals surface area contributed by atoms with Gasteiger partial charge in [0.15, 0.2) is 0 Å². The van der Waals surface area contributed by atoms with Gasteiger partial charge in [-0.25, -0.2) is 4.79 Å². The molecular weight excluding hydrogens is 202 g/mol. The Bertz CT molecular complexity index is 401. The summed E-state index contributed by atoms with van der Waals surface area (Å²) in [6.45, 7) is 2.25. The highest BCUT2D eigenvalue weighted by Crippen LogP contribution is 2.23. The molecule has 1 unspecified atom stereocenters. The molecule has 0 radical (unpaired) electrons. The van der Waals surface area contributed by atoms with Gasteiger partial charge >= 0.3 is 5.97 Å². The van der Waals surface area contributed by atoms with E-state index in [-0.39, 0.29) is 5.97 Å². The molecule has 1 atom stereocenters. The van der Waals surface area contributed by atoms with Gasteiger partial charge in [-0.05, 0) is 50.1 Å². The molecule has 16 heavy (non-hydrogen) atoms. The van der Waals surface area contributed by atoms with E-state index < -0.39 is 0 Å². The summed E-state index contributed by atoms with van der Waals surface area (Å²) in [5, 5.41) is 3.27. The van der Waals surface area contributed by atoms with Crippen LogP contribution in [-0.2, 0) is 17.6 Å². The van der Waals surface area contributed by atoms with Crippen LogP contribution in [0.15, 0.2) is 18.2 Å². The fourth-order valence-electron chi connectivity index (χ4n) is 2.16. The summed E-state index contributed by atoms with van der Waals surface area (Å²) >= 11 is 0. The van der Waals surface area contributed by atoms with E-state index in [1.807, 2.05) is 32.2 Å². The molecule has 0 saturated heterocycles. The molecule has 1 aromatic rings. The van der Waals surface area contributed by atoms with E-state index in [4.69, 9.17) is 4.74 Å². The van der Waals surface area contributed by atoms with Crippen molar-refractivity contribution in [3.8, 4) is 0 Å². The minimum Gasteiger partial charge on any atom is -0.462 e. The zero-order chi connectivity index (χ0) is 11.5. The van der Waals surface area contributed by atoms with Gasteiger partial charge in [-0.3, -0.25) is 0 Å². The summed E-state index contributed by atoms with van der Waals surface area (Å²) in [6.07, 6.45) is 2.05. The van der Waals surface area contributed by atoms with Crippen molar-refractivity contribution in [3.63, 3.8) is 0 Å². The minimum absolute atomic E-state index is 0.224. The Hall–Kier alpha value is -1.35. The molecule has 1 aliphatic rings. The lowest BCUT2D eigenvalue weighted by molar-refractivity contribution is 0.0526. The van der Waals surface area contributed by atoms with Crippen molar-refractivity contribution >= 4 is 5.97 Å². The predicted molar refractivity (Wildman–Crippen MR) is 62.7 cm³/mol. The molecule has 1 aliphatic carbocycles. The summed E-state index contributed by atoms with van der Waals surface area (Å²) in [6, 6.07) is 6.37. The second-order valence-corrected chi connectivity index (χ2v) is 4.10. The Morgan fingerprint density at radius 1 is 1.44 bits per heavy atom. The molecule has 0 heterocycles. The highest BCUT2D eigenvalue weighted by Gasteiger charge is 2.21. The first-order valence-electron chi connectivity index (χ1n) is 5.70. The summed E-state index contributed by atoms with van der Waals surface area (Å²) < 4.78 is 4.99. The number of benzene rings is 1. The number of likely N-dealkylation sites (N-methyl/N-ethyl adjacent to an activating group) is 1. The van der Waals surface area contributed by atoms with Crippen LogP contribution in [0.1, 0.15) is 28.4 Å². The van der Waals surface area contributed by atoms with Gasteiger partial charge in [0.25, 0.3) is 0 Å². The maximum absolute atomic E-state index is 11.6. The predicted octanol–water partition coefficient (Wildman–Crippen LogP) is 1.55. The summed E-state index contributed by atoms with van der Waals surface area (Å²) in [4.78, 5) is 11.6. The Kier molecular flexibility index (Phi) is 3.25. The number of nitrogens with one attached hydrogen (secondary N) is 1. The Morgan fingerprint density at radius 2 is 2.19 bits per heavy atom. The molecule has 3 nitrogen and oxygen atoms in total. The maximum Gasteiger partial charge on any atom is 0.338 e. The van der Waals surface area contributed by atoms with Crippen LogP contribution in [0.3, 0.4) is 0 Å². The second-order valence-electron chi connectivity index (χ2n) is 4.10. The van der Waals surface area contributed by atoms with Crippen molar-refractivity contribution in [2.75, 3.05) is 13.7 Å². The van der Waals surface area contributed by atoms with Crippen molar-refractivity contribution in [3.05, 3.63) is 34.9 Å². The van der Waals surface area contributed by atoms with Gasteiger partial charge in [0, 0.05) is 6.04 Å². The third-order valence-corrected chi connectivity index (χ3v) is 3.06. The van der Waals surface area contributed by atoms with Gasteiger partial charge < -0.3 is 10.1 Å². The van der Waals surface area contributed by atoms with Crippen LogP contribution in [0.25, 0.3) is 0 Å². The average molecular weight is 219 g/mol. The molecule has 0 spiro atoms. The number of rotatable bonds is 3. The van der Waals surface area contributed by atoms with Gasteiger partial charge in [-0.1, -0.05) is 6.07 Å². The quantitative estimate of drug-likeness (QED) is 0.784. The van der Waals surface area contributed by atoms with Crippen LogP contribution in [0.4, 0.5) is 0 Å². The summed E-state index contributed by atoms with van der Waals surface area (Å²) in [5.74, 6) is -0.224. The molecule has 1 N–H and O–H groups in total. The molecule has 0 aliphatic heterocycles. The van der Waals surface area contributed by atoms with E-state index in [1.54, 1.807) is 0 Å². The smallest absolute Gasteiger partial charge is 0.338 e. The Morgan fingerprint density at radius 3 is 2.88 bits per heavy atom. The van der Waals surface area contributed by atoms with Crippen LogP contribution < -0.4 is 5.32 Å². The highest BCUT2D eigenvalue weighted by atomic mass is 16.5. The lowest BCUT2D eigenvalue weighted by Gasteiger charge is -2.04. The number of hydrogen-bond donors (Lipinski definition) is 1. The zero-order valence-electron chi connectivity index (χ0n) is 9.75. The summed E-state index contributed by atoms with van der Waals surface area (Å²) in [7, 11) is 1.98. The van der Waals surface area contributed by atoms with E-state index in [1.165, 1.54) is 11.1 Å². The van der Waals surface area contributed by atoms with Gasteiger partial charge in [-0.15, -0.1) is 0 Å². The topological polar surface area (TPSA) is 38.3 Å². The van der Waals surface area contributed by atoms with Gasteiger partial charge in [-0.2, -0.15) is 0 Å². The lowest BCUT2D eigenvalue weighted by Crippen LogP contribution is -2.24. The molecule has 0 bridgehead atoms. The van der Waals surface area contributed by atoms with E-state index in [0.717, 1.165) is 12.8 Å². The van der Waals surface area contributed by atoms with Crippen molar-refractivity contribution in [1.29, 1.82) is 0 Å². The van der Waals surface area contributed by atoms with Gasteiger partial charge in [0.05, 0.1) is 12.2 Å². The molecule has 2 rings (SSSR count). The molecule has 0 aromatic heterocycles. The minimum atomic E-state index is -0.224. The number of esters is 1. The lowest BCUT2D eigenvalue weighted by atomic mass is 10.1. The highest BCUT2D eigenvalue weighted by molar-refractivity contribution is 5.89. The molecule has 1 aromatic carbocycles. The SMILES string of the molecule is CCOC(=O)c1ccc2c(c1)CC(NC)C2. The Balaban J connectivity index is 2.19. The molecule has 0 amide bonds. The maximum atomic E-state index is 11.6. The van der Waals surface area contributed by atoms with Crippen LogP contribution in [0.5, 0.6) is 0 Å². The second kappa shape index (κ2) is 4.66. The van der Waals surface area contributed by atoms with E-state index >= 15 is 0 Å². The number of carbonyl (C=O) groups excluding carboxylic acids is 1. The molecule has 86 valence electrons. The first-order chi connectivity index (χ1) is 7.74. The summed E-state index contributed by atoms with van der Waals surface area (Å²) in [5.41, 5.74) is 3.27. The monoisotopic (exact) mass is 219 g/mol. The Labute approximate surface area is 95.8 Å². The van der Waals surface area contributed by atoms with Crippen molar-refractivity contribution in [1.82, 2.24) is 5.32 Å². The van der Waals surface area contributed by atoms with E-state index in [0.29, 0.717) is 18.2 Å². The van der Waals surface area contributed by atoms with Crippen molar-refractivity contribution in [2.24, 2.45) is 0 Å².